The Kier molecular flexibility index (Phi) is 2.77. The maximum Gasteiger partial charge on any atom is 0.158 e. The molecule has 2 heterocycles. The molecule has 1 aromatic heterocycles. The number of hydrogen-bond acceptors (Lipinski definition) is 3. The molecule has 1 fully saturated rings. The predicted octanol–water partition coefficient (Wildman–Crippen LogP) is 1.50. The molecule has 15 heavy (non-hydrogen) atoms. The third-order valence-corrected chi connectivity index (χ3v) is 2.79. The minimum atomic E-state index is -0.0553. The molecule has 1 N–H and O–H groups in total. The van der Waals surface area contributed by atoms with Crippen LogP contribution in [0.25, 0.3) is 6.20 Å². The zero-order valence-electron chi connectivity index (χ0n) is 9.07. The van der Waals surface area contributed by atoms with Gasteiger partial charge in [0.05, 0.1) is 12.4 Å². The number of nitrogens with zero attached hydrogens (tertiary/aromatic N) is 2. The van der Waals surface area contributed by atoms with Crippen molar-refractivity contribution in [3.05, 3.63) is 19.0 Å². The molecule has 0 atom stereocenters. The van der Waals surface area contributed by atoms with Crippen LogP contribution in [0.4, 0.5) is 0 Å². The Morgan fingerprint density at radius 3 is 2.93 bits per heavy atom. The van der Waals surface area contributed by atoms with Gasteiger partial charge in [-0.3, -0.25) is 0 Å². The Balaban J connectivity index is 2.03. The molecule has 2 rings (SSSR count). The van der Waals surface area contributed by atoms with Gasteiger partial charge < -0.3 is 10.1 Å². The number of ether oxygens (including phenoxy) is 1. The lowest BCUT2D eigenvalue weighted by Gasteiger charge is -2.34. The fourth-order valence-electron chi connectivity index (χ4n) is 1.82. The maximum absolute atomic E-state index is 5.95. The molecule has 1 aromatic rings. The molecule has 0 aliphatic carbocycles. The van der Waals surface area contributed by atoms with Crippen molar-refractivity contribution in [2.45, 2.75) is 25.4 Å². The molecule has 1 saturated heterocycles. The van der Waals surface area contributed by atoms with Gasteiger partial charge in [0.2, 0.25) is 0 Å². The van der Waals surface area contributed by atoms with E-state index in [2.05, 4.69) is 23.9 Å². The lowest BCUT2D eigenvalue weighted by Crippen LogP contribution is -2.43. The zero-order valence-corrected chi connectivity index (χ0v) is 9.07. The Morgan fingerprint density at radius 2 is 2.33 bits per heavy atom. The van der Waals surface area contributed by atoms with Gasteiger partial charge in [-0.1, -0.05) is 6.58 Å². The number of hydrogen-bond donors (Lipinski definition) is 1. The highest BCUT2D eigenvalue weighted by molar-refractivity contribution is 5.22. The molecule has 0 amide bonds. The van der Waals surface area contributed by atoms with Crippen molar-refractivity contribution in [3.8, 4) is 5.75 Å². The first-order chi connectivity index (χ1) is 7.22. The normalized spacial score (nSPS) is 19.8. The summed E-state index contributed by atoms with van der Waals surface area (Å²) in [6.45, 7) is 7.84. The zero-order chi connectivity index (χ0) is 10.7. The first-order valence-electron chi connectivity index (χ1n) is 5.28. The summed E-state index contributed by atoms with van der Waals surface area (Å²) < 4.78 is 7.61. The quantitative estimate of drug-likeness (QED) is 0.816. The predicted molar refractivity (Wildman–Crippen MR) is 59.8 cm³/mol. The van der Waals surface area contributed by atoms with Crippen LogP contribution in [0.15, 0.2) is 19.0 Å². The van der Waals surface area contributed by atoms with Gasteiger partial charge in [0.15, 0.2) is 5.75 Å². The molecule has 0 aromatic carbocycles. The van der Waals surface area contributed by atoms with E-state index in [1.165, 1.54) is 0 Å². The molecule has 4 heteroatoms. The maximum atomic E-state index is 5.95. The number of rotatable bonds is 3. The van der Waals surface area contributed by atoms with Crippen molar-refractivity contribution >= 4 is 6.20 Å². The summed E-state index contributed by atoms with van der Waals surface area (Å²) in [6, 6.07) is 0. The highest BCUT2D eigenvalue weighted by atomic mass is 16.5. The second-order valence-electron chi connectivity index (χ2n) is 4.14. The first kappa shape index (κ1) is 10.2. The van der Waals surface area contributed by atoms with Crippen LogP contribution in [0.1, 0.15) is 19.8 Å². The molecular formula is C11H17N3O. The van der Waals surface area contributed by atoms with Crippen LogP contribution in [0.5, 0.6) is 5.75 Å². The van der Waals surface area contributed by atoms with Crippen LogP contribution in [0, 0.1) is 0 Å². The number of piperidine rings is 1. The van der Waals surface area contributed by atoms with E-state index >= 15 is 0 Å². The Labute approximate surface area is 89.9 Å². The standard InChI is InChI=1S/C11H17N3O/c1-3-14-9-10(8-13-14)15-11(2)4-6-12-7-5-11/h3,8-9,12H,1,4-7H2,2H3. The molecule has 0 bridgehead atoms. The fraction of sp³-hybridized carbons (Fsp3) is 0.545. The summed E-state index contributed by atoms with van der Waals surface area (Å²) in [5.74, 6) is 0.819. The van der Waals surface area contributed by atoms with Crippen molar-refractivity contribution in [2.75, 3.05) is 13.1 Å². The average Bonchev–Trinajstić information content (AvgIpc) is 2.66. The minimum absolute atomic E-state index is 0.0553. The number of aromatic nitrogens is 2. The highest BCUT2D eigenvalue weighted by Crippen LogP contribution is 2.25. The molecular weight excluding hydrogens is 190 g/mol. The van der Waals surface area contributed by atoms with Crippen molar-refractivity contribution in [2.24, 2.45) is 0 Å². The minimum Gasteiger partial charge on any atom is -0.484 e. The van der Waals surface area contributed by atoms with Crippen molar-refractivity contribution < 1.29 is 4.74 Å². The van der Waals surface area contributed by atoms with Crippen molar-refractivity contribution in [3.63, 3.8) is 0 Å². The van der Waals surface area contributed by atoms with E-state index in [0.29, 0.717) is 0 Å². The second-order valence-corrected chi connectivity index (χ2v) is 4.14. The summed E-state index contributed by atoms with van der Waals surface area (Å²) >= 11 is 0. The summed E-state index contributed by atoms with van der Waals surface area (Å²) in [4.78, 5) is 0. The summed E-state index contributed by atoms with van der Waals surface area (Å²) in [5, 5.41) is 7.41. The summed E-state index contributed by atoms with van der Waals surface area (Å²) in [5.41, 5.74) is -0.0553. The van der Waals surface area contributed by atoms with Gasteiger partial charge in [0, 0.05) is 6.20 Å². The lowest BCUT2D eigenvalue weighted by molar-refractivity contribution is 0.0556. The monoisotopic (exact) mass is 207 g/mol. The van der Waals surface area contributed by atoms with Crippen LogP contribution in [-0.2, 0) is 0 Å². The first-order valence-corrected chi connectivity index (χ1v) is 5.28. The van der Waals surface area contributed by atoms with Crippen LogP contribution in [0.3, 0.4) is 0 Å². The van der Waals surface area contributed by atoms with E-state index in [1.54, 1.807) is 17.1 Å². The number of nitrogens with one attached hydrogen (secondary N) is 1. The van der Waals surface area contributed by atoms with Crippen LogP contribution >= 0.6 is 0 Å². The average molecular weight is 207 g/mol. The Bertz CT molecular complexity index is 339. The summed E-state index contributed by atoms with van der Waals surface area (Å²) in [6.07, 6.45) is 7.30. The molecule has 0 saturated carbocycles. The molecule has 1 aliphatic rings. The fourth-order valence-corrected chi connectivity index (χ4v) is 1.82. The van der Waals surface area contributed by atoms with Gasteiger partial charge >= 0.3 is 0 Å². The molecule has 4 nitrogen and oxygen atoms in total. The van der Waals surface area contributed by atoms with Crippen molar-refractivity contribution in [1.29, 1.82) is 0 Å². The smallest absolute Gasteiger partial charge is 0.158 e. The van der Waals surface area contributed by atoms with Crippen molar-refractivity contribution in [1.82, 2.24) is 15.1 Å². The van der Waals surface area contributed by atoms with Crippen LogP contribution in [-0.4, -0.2) is 28.5 Å². The lowest BCUT2D eigenvalue weighted by atomic mass is 9.94. The van der Waals surface area contributed by atoms with E-state index < -0.39 is 0 Å². The molecule has 0 radical (unpaired) electrons. The van der Waals surface area contributed by atoms with Gasteiger partial charge in [0.1, 0.15) is 5.60 Å². The van der Waals surface area contributed by atoms with Crippen LogP contribution < -0.4 is 10.1 Å². The van der Waals surface area contributed by atoms with E-state index in [9.17, 15) is 0 Å². The topological polar surface area (TPSA) is 39.1 Å². The van der Waals surface area contributed by atoms with E-state index in [1.807, 2.05) is 6.20 Å². The van der Waals surface area contributed by atoms with Crippen LogP contribution in [0.2, 0.25) is 0 Å². The molecule has 0 unspecified atom stereocenters. The van der Waals surface area contributed by atoms with E-state index in [-0.39, 0.29) is 5.60 Å². The molecule has 82 valence electrons. The van der Waals surface area contributed by atoms with Gasteiger partial charge in [0.25, 0.3) is 0 Å². The van der Waals surface area contributed by atoms with E-state index in [0.717, 1.165) is 31.7 Å². The van der Waals surface area contributed by atoms with Gasteiger partial charge in [-0.2, -0.15) is 5.10 Å². The second kappa shape index (κ2) is 4.06. The molecule has 0 spiro atoms. The SMILES string of the molecule is C=Cn1cc(OC2(C)CCNCC2)cn1. The highest BCUT2D eigenvalue weighted by Gasteiger charge is 2.28. The molecule has 1 aliphatic heterocycles. The third-order valence-electron chi connectivity index (χ3n) is 2.79. The largest absolute Gasteiger partial charge is 0.484 e. The third kappa shape index (κ3) is 2.39. The van der Waals surface area contributed by atoms with Gasteiger partial charge in [-0.25, -0.2) is 4.68 Å². The summed E-state index contributed by atoms with van der Waals surface area (Å²) in [7, 11) is 0. The van der Waals surface area contributed by atoms with E-state index in [4.69, 9.17) is 4.74 Å². The Morgan fingerprint density at radius 1 is 1.60 bits per heavy atom. The Hall–Kier alpha value is -1.29. The van der Waals surface area contributed by atoms with Gasteiger partial charge in [-0.05, 0) is 32.9 Å². The van der Waals surface area contributed by atoms with Gasteiger partial charge in [-0.15, -0.1) is 0 Å².